The molecule has 34 heavy (non-hydrogen) atoms. The van der Waals surface area contributed by atoms with E-state index in [2.05, 4.69) is 10.3 Å². The minimum absolute atomic E-state index is 0.00980. The van der Waals surface area contributed by atoms with Crippen LogP contribution >= 0.6 is 46.6 Å². The van der Waals surface area contributed by atoms with Gasteiger partial charge in [0, 0.05) is 5.56 Å². The molecule has 0 aliphatic rings. The largest absolute Gasteiger partial charge is 0.497 e. The molecule has 1 N–H and O–H groups in total. The number of nitrogens with zero attached hydrogens (tertiary/aromatic N) is 2. The fourth-order valence-corrected chi connectivity index (χ4v) is 4.20. The normalized spacial score (nSPS) is 11.1. The first-order valence-electron chi connectivity index (χ1n) is 9.27. The Hall–Kier alpha value is -2.64. The Morgan fingerprint density at radius 3 is 2.35 bits per heavy atom. The van der Waals surface area contributed by atoms with Crippen LogP contribution in [-0.2, 0) is 11.0 Å². The molecule has 1 aromatic heterocycles. The number of amides is 1. The van der Waals surface area contributed by atoms with Crippen molar-refractivity contribution >= 4 is 58.2 Å². The Balaban J connectivity index is 1.92. The zero-order chi connectivity index (χ0) is 25.0. The molecular weight excluding hydrogens is 534 g/mol. The third-order valence-electron chi connectivity index (χ3n) is 4.41. The molecule has 0 spiro atoms. The highest BCUT2D eigenvalue weighted by molar-refractivity contribution is 8.00. The van der Waals surface area contributed by atoms with Gasteiger partial charge in [0.05, 0.1) is 50.4 Å². The standard InChI is InChI=1S/C22H13Cl3F3N3O2S/c1-33-12-4-2-11(3-5-12)18-6-14(22(26,27)28)13(9-29)21(31-18)34-10-20(32)30-19-8-16(24)15(23)7-17(19)25/h2-8H,10H2,1H3,(H,30,32). The molecule has 0 fully saturated rings. The van der Waals surface area contributed by atoms with E-state index in [0.717, 1.165) is 6.07 Å². The molecule has 0 aliphatic heterocycles. The summed E-state index contributed by atoms with van der Waals surface area (Å²) in [4.78, 5) is 16.6. The average Bonchev–Trinajstić information content (AvgIpc) is 2.80. The predicted molar refractivity (Wildman–Crippen MR) is 127 cm³/mol. The van der Waals surface area contributed by atoms with Crippen molar-refractivity contribution in [3.63, 3.8) is 0 Å². The third kappa shape index (κ3) is 6.07. The number of methoxy groups -OCH3 is 1. The first kappa shape index (κ1) is 26.0. The van der Waals surface area contributed by atoms with E-state index >= 15 is 0 Å². The number of ether oxygens (including phenoxy) is 1. The molecule has 12 heteroatoms. The summed E-state index contributed by atoms with van der Waals surface area (Å²) < 4.78 is 46.2. The van der Waals surface area contributed by atoms with Gasteiger partial charge in [0.2, 0.25) is 5.91 Å². The number of carbonyl (C=O) groups is 1. The van der Waals surface area contributed by atoms with Crippen LogP contribution in [-0.4, -0.2) is 23.8 Å². The second-order valence-electron chi connectivity index (χ2n) is 6.66. The third-order valence-corrected chi connectivity index (χ3v) is 6.42. The summed E-state index contributed by atoms with van der Waals surface area (Å²) in [6, 6.07) is 11.3. The van der Waals surface area contributed by atoms with Crippen LogP contribution in [0.3, 0.4) is 0 Å². The van der Waals surface area contributed by atoms with E-state index in [9.17, 15) is 23.2 Å². The number of nitrogens with one attached hydrogen (secondary N) is 1. The van der Waals surface area contributed by atoms with Gasteiger partial charge in [-0.2, -0.15) is 18.4 Å². The summed E-state index contributed by atoms with van der Waals surface area (Å²) in [6.45, 7) is 0. The quantitative estimate of drug-likeness (QED) is 0.259. The highest BCUT2D eigenvalue weighted by atomic mass is 35.5. The number of anilines is 1. The lowest BCUT2D eigenvalue weighted by Crippen LogP contribution is -2.15. The fourth-order valence-electron chi connectivity index (χ4n) is 2.81. The van der Waals surface area contributed by atoms with Crippen molar-refractivity contribution in [3.05, 3.63) is 68.7 Å². The Kier molecular flexibility index (Phi) is 8.21. The van der Waals surface area contributed by atoms with Gasteiger partial charge in [-0.15, -0.1) is 0 Å². The molecule has 0 unspecified atom stereocenters. The number of carbonyl (C=O) groups excluding carboxylic acids is 1. The number of nitriles is 1. The first-order chi connectivity index (χ1) is 16.0. The summed E-state index contributed by atoms with van der Waals surface area (Å²) in [7, 11) is 1.46. The van der Waals surface area contributed by atoms with Gasteiger partial charge in [-0.25, -0.2) is 4.98 Å². The highest BCUT2D eigenvalue weighted by Gasteiger charge is 2.36. The van der Waals surface area contributed by atoms with E-state index in [4.69, 9.17) is 39.5 Å². The Labute approximate surface area is 211 Å². The maximum atomic E-state index is 13.7. The Morgan fingerprint density at radius 2 is 1.76 bits per heavy atom. The number of alkyl halides is 3. The maximum Gasteiger partial charge on any atom is 0.417 e. The van der Waals surface area contributed by atoms with Crippen molar-refractivity contribution in [1.82, 2.24) is 4.98 Å². The maximum absolute atomic E-state index is 13.7. The zero-order valence-electron chi connectivity index (χ0n) is 17.1. The molecule has 3 aromatic rings. The van der Waals surface area contributed by atoms with E-state index in [1.807, 2.05) is 0 Å². The summed E-state index contributed by atoms with van der Waals surface area (Å²) >= 11 is 18.5. The second-order valence-corrected chi connectivity index (χ2v) is 8.84. The molecule has 0 bridgehead atoms. The van der Waals surface area contributed by atoms with Crippen molar-refractivity contribution in [2.24, 2.45) is 0 Å². The molecular formula is C22H13Cl3F3N3O2S. The lowest BCUT2D eigenvalue weighted by molar-refractivity contribution is -0.138. The number of rotatable bonds is 6. The van der Waals surface area contributed by atoms with Crippen molar-refractivity contribution in [2.75, 3.05) is 18.2 Å². The van der Waals surface area contributed by atoms with Crippen LogP contribution in [0.4, 0.5) is 18.9 Å². The number of hydrogen-bond donors (Lipinski definition) is 1. The van der Waals surface area contributed by atoms with Gasteiger partial charge in [-0.3, -0.25) is 4.79 Å². The van der Waals surface area contributed by atoms with E-state index in [1.54, 1.807) is 30.3 Å². The van der Waals surface area contributed by atoms with Gasteiger partial charge >= 0.3 is 6.18 Å². The average molecular weight is 547 g/mol. The number of benzene rings is 2. The fraction of sp³-hybridized carbons (Fsp3) is 0.136. The van der Waals surface area contributed by atoms with Gasteiger partial charge in [0.15, 0.2) is 0 Å². The molecule has 1 heterocycles. The number of hydrogen-bond acceptors (Lipinski definition) is 5. The lowest BCUT2D eigenvalue weighted by Gasteiger charge is -2.14. The molecule has 2 aromatic carbocycles. The van der Waals surface area contributed by atoms with E-state index in [1.165, 1.54) is 19.2 Å². The number of pyridine rings is 1. The molecule has 0 atom stereocenters. The molecule has 0 radical (unpaired) electrons. The van der Waals surface area contributed by atoms with Gasteiger partial charge in [-0.1, -0.05) is 46.6 Å². The second kappa shape index (κ2) is 10.7. The number of aromatic nitrogens is 1. The van der Waals surface area contributed by atoms with E-state index in [0.29, 0.717) is 23.1 Å². The van der Waals surface area contributed by atoms with Crippen molar-refractivity contribution in [3.8, 4) is 23.1 Å². The van der Waals surface area contributed by atoms with Crippen LogP contribution in [0.2, 0.25) is 15.1 Å². The van der Waals surface area contributed by atoms with E-state index in [-0.39, 0.29) is 37.2 Å². The molecule has 0 saturated carbocycles. The van der Waals surface area contributed by atoms with Gasteiger partial charge in [0.1, 0.15) is 16.8 Å². The topological polar surface area (TPSA) is 75.0 Å². The Morgan fingerprint density at radius 1 is 1.12 bits per heavy atom. The first-order valence-corrected chi connectivity index (χ1v) is 11.4. The van der Waals surface area contributed by atoms with Crippen LogP contribution in [0, 0.1) is 11.3 Å². The minimum Gasteiger partial charge on any atom is -0.497 e. The smallest absolute Gasteiger partial charge is 0.417 e. The van der Waals surface area contributed by atoms with Crippen LogP contribution in [0.25, 0.3) is 11.3 Å². The molecule has 0 saturated heterocycles. The summed E-state index contributed by atoms with van der Waals surface area (Å²) in [6.07, 6.45) is -4.81. The molecule has 0 aliphatic carbocycles. The highest BCUT2D eigenvalue weighted by Crippen LogP contribution is 2.38. The van der Waals surface area contributed by atoms with Crippen molar-refractivity contribution in [1.29, 1.82) is 5.26 Å². The van der Waals surface area contributed by atoms with Crippen LogP contribution in [0.1, 0.15) is 11.1 Å². The van der Waals surface area contributed by atoms with Crippen molar-refractivity contribution < 1.29 is 22.7 Å². The van der Waals surface area contributed by atoms with Crippen molar-refractivity contribution in [2.45, 2.75) is 11.2 Å². The molecule has 1 amide bonds. The van der Waals surface area contributed by atoms with Crippen LogP contribution < -0.4 is 10.1 Å². The molecule has 5 nitrogen and oxygen atoms in total. The zero-order valence-corrected chi connectivity index (χ0v) is 20.2. The van der Waals surface area contributed by atoms with Crippen LogP contribution in [0.5, 0.6) is 5.75 Å². The monoisotopic (exact) mass is 545 g/mol. The van der Waals surface area contributed by atoms with Crippen LogP contribution in [0.15, 0.2) is 47.5 Å². The summed E-state index contributed by atoms with van der Waals surface area (Å²) in [5, 5.41) is 12.2. The molecule has 3 rings (SSSR count). The number of thioether (sulfide) groups is 1. The summed E-state index contributed by atoms with van der Waals surface area (Å²) in [5.74, 6) is -0.429. The lowest BCUT2D eigenvalue weighted by atomic mass is 10.1. The molecule has 176 valence electrons. The van der Waals surface area contributed by atoms with Gasteiger partial charge in [0.25, 0.3) is 0 Å². The van der Waals surface area contributed by atoms with E-state index < -0.39 is 23.2 Å². The van der Waals surface area contributed by atoms with Gasteiger partial charge in [-0.05, 0) is 42.5 Å². The summed E-state index contributed by atoms with van der Waals surface area (Å²) in [5.41, 5.74) is -1.27. The minimum atomic E-state index is -4.81. The number of halogens is 6. The SMILES string of the molecule is COc1ccc(-c2cc(C(F)(F)F)c(C#N)c(SCC(=O)Nc3cc(Cl)c(Cl)cc3Cl)n2)cc1. The predicted octanol–water partition coefficient (Wildman–Crippen LogP) is 7.34. The van der Waals surface area contributed by atoms with Gasteiger partial charge < -0.3 is 10.1 Å². The Bertz CT molecular complexity index is 1280.